The number of fused-ring (bicyclic) bond motifs is 2. The van der Waals surface area contributed by atoms with E-state index in [1.807, 2.05) is 0 Å². The summed E-state index contributed by atoms with van der Waals surface area (Å²) in [6, 6.07) is 0.492. The van der Waals surface area contributed by atoms with Crippen molar-refractivity contribution in [2.45, 2.75) is 59.9 Å². The van der Waals surface area contributed by atoms with Crippen LogP contribution in [-0.4, -0.2) is 22.6 Å². The van der Waals surface area contributed by atoms with Crippen LogP contribution in [-0.2, 0) is 0 Å². The Morgan fingerprint density at radius 3 is 2.57 bits per heavy atom. The lowest BCUT2D eigenvalue weighted by atomic mass is 9.68. The predicted octanol–water partition coefficient (Wildman–Crippen LogP) is 3.84. The summed E-state index contributed by atoms with van der Waals surface area (Å²) in [7, 11) is 0. The Hall–Kier alpha value is -1.32. The van der Waals surface area contributed by atoms with Crippen LogP contribution >= 0.6 is 0 Å². The summed E-state index contributed by atoms with van der Waals surface area (Å²) in [6.45, 7) is 12.4. The Morgan fingerprint density at radius 1 is 1.24 bits per heavy atom. The molecule has 3 unspecified atom stereocenters. The van der Waals surface area contributed by atoms with Crippen LogP contribution in [0.1, 0.15) is 52.5 Å². The molecule has 0 spiro atoms. The van der Waals surface area contributed by atoms with Gasteiger partial charge in [-0.3, -0.25) is 0 Å². The van der Waals surface area contributed by atoms with Crippen molar-refractivity contribution in [3.63, 3.8) is 0 Å². The molecule has 3 atom stereocenters. The zero-order valence-corrected chi connectivity index (χ0v) is 14.0. The Kier molecular flexibility index (Phi) is 3.38. The van der Waals surface area contributed by atoms with Crippen molar-refractivity contribution in [1.29, 1.82) is 0 Å². The Labute approximate surface area is 128 Å². The zero-order chi connectivity index (χ0) is 15.3. The normalized spacial score (nSPS) is 33.2. The minimum atomic E-state index is 0.336. The molecule has 1 aromatic heterocycles. The van der Waals surface area contributed by atoms with E-state index in [0.717, 1.165) is 29.7 Å². The number of hydrogen-bond acceptors (Lipinski definition) is 4. The molecule has 2 aliphatic rings. The van der Waals surface area contributed by atoms with Crippen LogP contribution in [0.3, 0.4) is 0 Å². The molecule has 4 heteroatoms. The SMILES string of the molecule is CCNc1ncnc(NC2C3(C)CCC(C3)C2(C)C)c1C. The molecule has 1 aromatic rings. The molecular formula is C17H28N4. The van der Waals surface area contributed by atoms with Gasteiger partial charge in [0.1, 0.15) is 18.0 Å². The monoisotopic (exact) mass is 288 g/mol. The second-order valence-corrected chi connectivity index (χ2v) is 7.72. The highest BCUT2D eigenvalue weighted by Crippen LogP contribution is 2.63. The lowest BCUT2D eigenvalue weighted by Crippen LogP contribution is -2.46. The Balaban J connectivity index is 1.89. The van der Waals surface area contributed by atoms with Crippen LogP contribution in [0.4, 0.5) is 11.6 Å². The Bertz CT molecular complexity index is 535. The molecule has 116 valence electrons. The van der Waals surface area contributed by atoms with Gasteiger partial charge in [0.15, 0.2) is 0 Å². The molecule has 2 saturated carbocycles. The van der Waals surface area contributed by atoms with E-state index in [4.69, 9.17) is 0 Å². The highest BCUT2D eigenvalue weighted by atomic mass is 15.1. The largest absolute Gasteiger partial charge is 0.370 e. The molecular weight excluding hydrogens is 260 g/mol. The summed E-state index contributed by atoms with van der Waals surface area (Å²) in [4.78, 5) is 8.85. The van der Waals surface area contributed by atoms with Crippen LogP contribution in [0, 0.1) is 23.7 Å². The first-order chi connectivity index (χ1) is 9.88. The highest BCUT2D eigenvalue weighted by Gasteiger charge is 2.59. The van der Waals surface area contributed by atoms with Gasteiger partial charge in [0, 0.05) is 18.2 Å². The van der Waals surface area contributed by atoms with Crippen LogP contribution < -0.4 is 10.6 Å². The zero-order valence-electron chi connectivity index (χ0n) is 14.0. The molecule has 3 rings (SSSR count). The maximum Gasteiger partial charge on any atom is 0.134 e. The number of anilines is 2. The van der Waals surface area contributed by atoms with E-state index in [1.165, 1.54) is 19.3 Å². The number of nitrogens with one attached hydrogen (secondary N) is 2. The molecule has 2 N–H and O–H groups in total. The van der Waals surface area contributed by atoms with Gasteiger partial charge in [-0.25, -0.2) is 9.97 Å². The fourth-order valence-electron chi connectivity index (χ4n) is 4.74. The minimum absolute atomic E-state index is 0.336. The first kappa shape index (κ1) is 14.6. The summed E-state index contributed by atoms with van der Waals surface area (Å²) in [5, 5.41) is 7.09. The van der Waals surface area contributed by atoms with Crippen molar-refractivity contribution in [2.24, 2.45) is 16.7 Å². The van der Waals surface area contributed by atoms with Gasteiger partial charge >= 0.3 is 0 Å². The van der Waals surface area contributed by atoms with E-state index in [9.17, 15) is 0 Å². The molecule has 21 heavy (non-hydrogen) atoms. The maximum absolute atomic E-state index is 4.50. The number of nitrogens with zero attached hydrogens (tertiary/aromatic N) is 2. The van der Waals surface area contributed by atoms with Gasteiger partial charge in [-0.15, -0.1) is 0 Å². The van der Waals surface area contributed by atoms with E-state index in [1.54, 1.807) is 6.33 Å². The lowest BCUT2D eigenvalue weighted by Gasteiger charge is -2.43. The van der Waals surface area contributed by atoms with Crippen LogP contribution in [0.25, 0.3) is 0 Å². The molecule has 2 bridgehead atoms. The molecule has 1 heterocycles. The maximum atomic E-state index is 4.50. The first-order valence-corrected chi connectivity index (χ1v) is 8.20. The summed E-state index contributed by atoms with van der Waals surface area (Å²) < 4.78 is 0. The number of hydrogen-bond donors (Lipinski definition) is 2. The van der Waals surface area contributed by atoms with Crippen LogP contribution in [0.5, 0.6) is 0 Å². The molecule has 2 fully saturated rings. The van der Waals surface area contributed by atoms with E-state index in [0.29, 0.717) is 16.9 Å². The van der Waals surface area contributed by atoms with Crippen LogP contribution in [0.15, 0.2) is 6.33 Å². The second-order valence-electron chi connectivity index (χ2n) is 7.72. The lowest BCUT2D eigenvalue weighted by molar-refractivity contribution is 0.155. The van der Waals surface area contributed by atoms with Crippen LogP contribution in [0.2, 0.25) is 0 Å². The second kappa shape index (κ2) is 4.85. The summed E-state index contributed by atoms with van der Waals surface area (Å²) >= 11 is 0. The number of aromatic nitrogens is 2. The van der Waals surface area contributed by atoms with E-state index in [2.05, 4.69) is 55.2 Å². The van der Waals surface area contributed by atoms with Gasteiger partial charge in [0.05, 0.1) is 0 Å². The summed E-state index contributed by atoms with van der Waals surface area (Å²) in [5.41, 5.74) is 1.87. The molecule has 0 radical (unpaired) electrons. The quantitative estimate of drug-likeness (QED) is 0.883. The van der Waals surface area contributed by atoms with Crippen molar-refractivity contribution >= 4 is 11.6 Å². The molecule has 4 nitrogen and oxygen atoms in total. The number of rotatable bonds is 4. The predicted molar refractivity (Wildman–Crippen MR) is 87.6 cm³/mol. The van der Waals surface area contributed by atoms with Gasteiger partial charge in [-0.1, -0.05) is 20.8 Å². The average Bonchev–Trinajstić information content (AvgIpc) is 2.90. The molecule has 0 saturated heterocycles. The topological polar surface area (TPSA) is 49.8 Å². The molecule has 2 aliphatic carbocycles. The smallest absolute Gasteiger partial charge is 0.134 e. The Morgan fingerprint density at radius 2 is 1.95 bits per heavy atom. The van der Waals surface area contributed by atoms with Gasteiger partial charge in [-0.2, -0.15) is 0 Å². The third kappa shape index (κ3) is 2.19. The summed E-state index contributed by atoms with van der Waals surface area (Å²) in [5.74, 6) is 2.78. The van der Waals surface area contributed by atoms with Crippen molar-refractivity contribution in [3.8, 4) is 0 Å². The third-order valence-corrected chi connectivity index (χ3v) is 5.98. The van der Waals surface area contributed by atoms with Gasteiger partial charge in [0.25, 0.3) is 0 Å². The average molecular weight is 288 g/mol. The third-order valence-electron chi connectivity index (χ3n) is 5.98. The van der Waals surface area contributed by atoms with Gasteiger partial charge in [0.2, 0.25) is 0 Å². The molecule has 0 amide bonds. The van der Waals surface area contributed by atoms with E-state index in [-0.39, 0.29) is 0 Å². The van der Waals surface area contributed by atoms with Gasteiger partial charge in [-0.05, 0) is 49.9 Å². The highest BCUT2D eigenvalue weighted by molar-refractivity contribution is 5.57. The molecule has 0 aromatic carbocycles. The standard InChI is InChI=1S/C17H28N4/c1-6-18-13-11(2)14(20-10-19-13)21-15-16(3,4)12-7-8-17(15,5)9-12/h10,12,15H,6-9H2,1-5H3,(H2,18,19,20,21). The van der Waals surface area contributed by atoms with Crippen molar-refractivity contribution in [1.82, 2.24) is 9.97 Å². The van der Waals surface area contributed by atoms with Crippen molar-refractivity contribution in [2.75, 3.05) is 17.2 Å². The van der Waals surface area contributed by atoms with E-state index >= 15 is 0 Å². The van der Waals surface area contributed by atoms with Gasteiger partial charge < -0.3 is 10.6 Å². The fourth-order valence-corrected chi connectivity index (χ4v) is 4.74. The molecule has 0 aliphatic heterocycles. The summed E-state index contributed by atoms with van der Waals surface area (Å²) in [6.07, 6.45) is 5.73. The van der Waals surface area contributed by atoms with Crippen molar-refractivity contribution < 1.29 is 0 Å². The first-order valence-electron chi connectivity index (χ1n) is 8.20. The van der Waals surface area contributed by atoms with Crippen molar-refractivity contribution in [3.05, 3.63) is 11.9 Å². The van der Waals surface area contributed by atoms with E-state index < -0.39 is 0 Å². The minimum Gasteiger partial charge on any atom is -0.370 e. The fraction of sp³-hybridized carbons (Fsp3) is 0.765.